The first kappa shape index (κ1) is 35.8. The van der Waals surface area contributed by atoms with Crippen LogP contribution in [0.5, 0.6) is 5.75 Å². The number of amides is 1. The quantitative estimate of drug-likeness (QED) is 0.283. The Hall–Kier alpha value is -4.69. The summed E-state index contributed by atoms with van der Waals surface area (Å²) < 4.78 is 32.3. The van der Waals surface area contributed by atoms with Gasteiger partial charge in [-0.3, -0.25) is 14.5 Å². The average Bonchev–Trinajstić information content (AvgIpc) is 2.95. The summed E-state index contributed by atoms with van der Waals surface area (Å²) in [4.78, 5) is 31.0. The number of aliphatic imine (C=N–C) groups is 3. The Morgan fingerprint density at radius 1 is 1.09 bits per heavy atom. The maximum absolute atomic E-state index is 13.6. The van der Waals surface area contributed by atoms with Crippen molar-refractivity contribution in [2.45, 2.75) is 33.1 Å². The summed E-state index contributed by atoms with van der Waals surface area (Å²) in [6.07, 6.45) is 4.03. The van der Waals surface area contributed by atoms with Crippen LogP contribution in [-0.4, -0.2) is 89.6 Å². The number of likely N-dealkylation sites (N-methyl/N-ethyl adjacent to an activating group) is 2. The number of carbonyl (C=O) groups excluding carboxylic acids is 1. The molecule has 14 heteroatoms. The number of hydrogen-bond donors (Lipinski definition) is 4. The van der Waals surface area contributed by atoms with Gasteiger partial charge in [-0.25, -0.2) is 18.4 Å². The molecule has 2 aromatic rings. The Kier molecular flexibility index (Phi) is 11.4. The lowest BCUT2D eigenvalue weighted by molar-refractivity contribution is 0.102. The van der Waals surface area contributed by atoms with E-state index in [0.29, 0.717) is 40.9 Å². The van der Waals surface area contributed by atoms with Crippen molar-refractivity contribution in [1.82, 2.24) is 9.80 Å². The van der Waals surface area contributed by atoms with E-state index in [9.17, 15) is 13.2 Å². The summed E-state index contributed by atoms with van der Waals surface area (Å²) in [5.41, 5.74) is 10.1. The number of ether oxygens (including phenoxy) is 1. The Bertz CT molecular complexity index is 1720. The minimum Gasteiger partial charge on any atom is -0.492 e. The Balaban J connectivity index is 1.99. The number of benzene rings is 2. The van der Waals surface area contributed by atoms with E-state index in [0.717, 1.165) is 23.9 Å². The molecule has 0 unspecified atom stereocenters. The summed E-state index contributed by atoms with van der Waals surface area (Å²) >= 11 is 0. The number of aryl methyl sites for hydroxylation is 1. The molecule has 0 aliphatic carbocycles. The number of guanidine groups is 1. The molecular weight excluding hydrogens is 606 g/mol. The van der Waals surface area contributed by atoms with Crippen LogP contribution in [0.3, 0.4) is 0 Å². The van der Waals surface area contributed by atoms with Crippen LogP contribution in [0.2, 0.25) is 0 Å². The third-order valence-corrected chi connectivity index (χ3v) is 7.53. The Morgan fingerprint density at radius 3 is 2.35 bits per heavy atom. The number of allylic oxidation sites excluding steroid dienone is 1. The van der Waals surface area contributed by atoms with Crippen LogP contribution in [0.25, 0.3) is 0 Å². The molecule has 1 heterocycles. The second-order valence-corrected chi connectivity index (χ2v) is 13.9. The molecule has 0 saturated heterocycles. The van der Waals surface area contributed by atoms with Crippen molar-refractivity contribution < 1.29 is 17.9 Å². The van der Waals surface area contributed by atoms with E-state index in [4.69, 9.17) is 10.5 Å². The van der Waals surface area contributed by atoms with Crippen molar-refractivity contribution in [3.05, 3.63) is 71.3 Å². The van der Waals surface area contributed by atoms with Gasteiger partial charge in [0.25, 0.3) is 5.91 Å². The van der Waals surface area contributed by atoms with Gasteiger partial charge in [-0.1, -0.05) is 33.4 Å². The summed E-state index contributed by atoms with van der Waals surface area (Å²) in [5, 5.41) is 6.08. The number of hydrogen-bond acceptors (Lipinski definition) is 11. The second-order valence-electron chi connectivity index (χ2n) is 12.2. The van der Waals surface area contributed by atoms with Gasteiger partial charge in [0.05, 0.1) is 31.0 Å². The molecule has 0 spiro atoms. The first-order valence-corrected chi connectivity index (χ1v) is 16.4. The molecule has 0 saturated carbocycles. The number of sulfonamides is 1. The minimum absolute atomic E-state index is 0.184. The highest BCUT2D eigenvalue weighted by atomic mass is 32.2. The number of rotatable bonds is 11. The van der Waals surface area contributed by atoms with Crippen LogP contribution < -0.4 is 25.8 Å². The van der Waals surface area contributed by atoms with Gasteiger partial charge >= 0.3 is 0 Å². The molecule has 3 rings (SSSR count). The highest BCUT2D eigenvalue weighted by Crippen LogP contribution is 2.39. The summed E-state index contributed by atoms with van der Waals surface area (Å²) in [5.74, 6) is 0.432. The maximum atomic E-state index is 13.6. The largest absolute Gasteiger partial charge is 0.492 e. The topological polar surface area (TPSA) is 166 Å². The third-order valence-electron chi connectivity index (χ3n) is 6.94. The van der Waals surface area contributed by atoms with Crippen LogP contribution in [0.1, 0.15) is 42.3 Å². The zero-order chi connectivity index (χ0) is 34.4. The van der Waals surface area contributed by atoms with Gasteiger partial charge in [0.2, 0.25) is 16.0 Å². The Morgan fingerprint density at radius 2 is 1.76 bits per heavy atom. The molecule has 0 aromatic heterocycles. The number of nitrogens with two attached hydrogens (primary N) is 1. The van der Waals surface area contributed by atoms with Gasteiger partial charge in [-0.05, 0) is 61.8 Å². The van der Waals surface area contributed by atoms with Crippen molar-refractivity contribution in [1.29, 1.82) is 0 Å². The zero-order valence-electron chi connectivity index (χ0n) is 28.0. The van der Waals surface area contributed by atoms with Crippen LogP contribution in [-0.2, 0) is 15.4 Å². The van der Waals surface area contributed by atoms with Gasteiger partial charge < -0.3 is 30.9 Å². The van der Waals surface area contributed by atoms with Crippen molar-refractivity contribution in [2.75, 3.05) is 63.0 Å². The highest BCUT2D eigenvalue weighted by Gasteiger charge is 2.23. The van der Waals surface area contributed by atoms with Crippen molar-refractivity contribution in [3.63, 3.8) is 0 Å². The fourth-order valence-corrected chi connectivity index (χ4v) is 4.89. The summed E-state index contributed by atoms with van der Waals surface area (Å²) in [7, 11) is 3.66. The number of nitrogens with one attached hydrogen (secondary N) is 3. The molecule has 1 aliphatic rings. The highest BCUT2D eigenvalue weighted by molar-refractivity contribution is 7.92. The fraction of sp³-hybridized carbons (Fsp3) is 0.375. The maximum Gasteiger partial charge on any atom is 0.255 e. The molecule has 1 amide bonds. The lowest BCUT2D eigenvalue weighted by atomic mass is 9.86. The first-order chi connectivity index (χ1) is 21.4. The van der Waals surface area contributed by atoms with E-state index in [2.05, 4.69) is 41.8 Å². The van der Waals surface area contributed by atoms with Gasteiger partial charge in [0.1, 0.15) is 17.2 Å². The van der Waals surface area contributed by atoms with Gasteiger partial charge in [0.15, 0.2) is 5.75 Å². The van der Waals surface area contributed by atoms with E-state index in [1.165, 1.54) is 13.3 Å². The lowest BCUT2D eigenvalue weighted by Gasteiger charge is -2.24. The monoisotopic (exact) mass is 651 g/mol. The number of nitrogens with zero attached hydrogens (tertiary/aromatic N) is 5. The zero-order valence-corrected chi connectivity index (χ0v) is 28.8. The van der Waals surface area contributed by atoms with E-state index in [1.54, 1.807) is 36.5 Å². The summed E-state index contributed by atoms with van der Waals surface area (Å²) in [6, 6.07) is 8.62. The third kappa shape index (κ3) is 9.41. The SMILES string of the molecule is C=C/N=C1/C=NC(N(C)CCN(C)C)=N/C1=C(/N)Nc1cc(C(=O)Nc2cc(C(C)(C)C)cc(NS(C)(=O)=O)c2OC)ccc1C. The normalized spacial score (nSPS) is 15.3. The molecule has 0 fully saturated rings. The predicted molar refractivity (Wildman–Crippen MR) is 189 cm³/mol. The van der Waals surface area contributed by atoms with Crippen LogP contribution in [0.15, 0.2) is 69.6 Å². The van der Waals surface area contributed by atoms with E-state index >= 15 is 0 Å². The van der Waals surface area contributed by atoms with Gasteiger partial charge in [-0.2, -0.15) is 0 Å². The molecule has 13 nitrogen and oxygen atoms in total. The molecule has 0 atom stereocenters. The smallest absolute Gasteiger partial charge is 0.255 e. The van der Waals surface area contributed by atoms with Gasteiger partial charge in [-0.15, -0.1) is 0 Å². The van der Waals surface area contributed by atoms with Gasteiger partial charge in [0, 0.05) is 37.6 Å². The van der Waals surface area contributed by atoms with E-state index in [1.807, 2.05) is 53.7 Å². The molecule has 1 aliphatic heterocycles. The fourth-order valence-electron chi connectivity index (χ4n) is 4.34. The minimum atomic E-state index is -3.63. The van der Waals surface area contributed by atoms with Crippen LogP contribution in [0.4, 0.5) is 17.1 Å². The summed E-state index contributed by atoms with van der Waals surface area (Å²) in [6.45, 7) is 13.0. The van der Waals surface area contributed by atoms with Crippen molar-refractivity contribution in [2.24, 2.45) is 20.7 Å². The number of carbonyl (C=O) groups is 1. The number of anilines is 3. The lowest BCUT2D eigenvalue weighted by Crippen LogP contribution is -2.35. The average molecular weight is 652 g/mol. The number of methoxy groups -OCH3 is 1. The Labute approximate surface area is 272 Å². The second kappa shape index (κ2) is 14.6. The molecule has 0 bridgehead atoms. The van der Waals surface area contributed by atoms with Crippen LogP contribution >= 0.6 is 0 Å². The van der Waals surface area contributed by atoms with Crippen LogP contribution in [0, 0.1) is 6.92 Å². The molecule has 46 heavy (non-hydrogen) atoms. The molecule has 5 N–H and O–H groups in total. The standard InChI is InChI=1S/C32H45N9O4S/c1-11-34-26-19-35-31(41(8)15-14-40(6)7)38-27(26)29(33)36-23-16-21(13-12-20(23)2)30(42)37-24-17-22(32(3,4)5)18-25(28(24)45-9)39-46(10,43)44/h11-13,16-19,36,39H,1,14-15,33H2,2-10H3,(H,37,42)/b29-27-,34-26-. The van der Waals surface area contributed by atoms with Crippen molar-refractivity contribution >= 4 is 50.9 Å². The van der Waals surface area contributed by atoms with E-state index < -0.39 is 15.9 Å². The molecule has 248 valence electrons. The van der Waals surface area contributed by atoms with E-state index in [-0.39, 0.29) is 22.7 Å². The first-order valence-electron chi connectivity index (χ1n) is 14.5. The molecule has 0 radical (unpaired) electrons. The molecule has 2 aromatic carbocycles. The predicted octanol–water partition coefficient (Wildman–Crippen LogP) is 3.98. The molecular formula is C32H45N9O4S. The van der Waals surface area contributed by atoms with Crippen molar-refractivity contribution in [3.8, 4) is 5.75 Å².